The van der Waals surface area contributed by atoms with Crippen molar-refractivity contribution in [3.05, 3.63) is 170 Å². The van der Waals surface area contributed by atoms with Gasteiger partial charge in [-0.25, -0.2) is 9.97 Å². The quantitative estimate of drug-likeness (QED) is 0.181. The molecule has 0 N–H and O–H groups in total. The van der Waals surface area contributed by atoms with Crippen molar-refractivity contribution in [2.45, 2.75) is 0 Å². The summed E-state index contributed by atoms with van der Waals surface area (Å²) in [5.41, 5.74) is 9.26. The van der Waals surface area contributed by atoms with Gasteiger partial charge in [0.2, 0.25) is 0 Å². The van der Waals surface area contributed by atoms with E-state index in [1.807, 2.05) is 42.5 Å². The van der Waals surface area contributed by atoms with Gasteiger partial charge >= 0.3 is 0 Å². The standard InChI is InChI=1S/C44H28N4/c1-2-15-35-33(13-1)34-14-3-4-16-36(34)38-26-30(21-22-37(35)38)29-11-9-12-31(25-29)39-19-10-20-40(47-39)32-27-43(41-17-5-7-23-45-41)48-44(28-32)42-18-6-8-24-46-42/h1-28H. The minimum absolute atomic E-state index is 0.777. The van der Waals surface area contributed by atoms with Crippen LogP contribution in [0.15, 0.2) is 170 Å². The number of fused-ring (bicyclic) bond motifs is 6. The van der Waals surface area contributed by atoms with Gasteiger partial charge in [-0.2, -0.15) is 0 Å². The van der Waals surface area contributed by atoms with Crippen molar-refractivity contribution in [1.82, 2.24) is 19.9 Å². The maximum Gasteiger partial charge on any atom is 0.0901 e. The van der Waals surface area contributed by atoms with Gasteiger partial charge in [0.1, 0.15) is 0 Å². The molecule has 0 spiro atoms. The lowest BCUT2D eigenvalue weighted by atomic mass is 9.91. The number of pyridine rings is 4. The Kier molecular flexibility index (Phi) is 6.76. The van der Waals surface area contributed by atoms with Crippen LogP contribution in [-0.2, 0) is 0 Å². The molecule has 0 radical (unpaired) electrons. The Morgan fingerprint density at radius 3 is 1.31 bits per heavy atom. The van der Waals surface area contributed by atoms with Crippen molar-refractivity contribution in [1.29, 1.82) is 0 Å². The van der Waals surface area contributed by atoms with E-state index in [-0.39, 0.29) is 0 Å². The third-order valence-electron chi connectivity index (χ3n) is 8.96. The number of aromatic nitrogens is 4. The minimum atomic E-state index is 0.777. The maximum absolute atomic E-state index is 5.17. The summed E-state index contributed by atoms with van der Waals surface area (Å²) in [6.45, 7) is 0. The van der Waals surface area contributed by atoms with Gasteiger partial charge in [0.25, 0.3) is 0 Å². The second kappa shape index (κ2) is 11.7. The highest BCUT2D eigenvalue weighted by Crippen LogP contribution is 2.38. The van der Waals surface area contributed by atoms with Gasteiger partial charge in [-0.3, -0.25) is 9.97 Å². The zero-order chi connectivity index (χ0) is 31.9. The normalized spacial score (nSPS) is 11.3. The third-order valence-corrected chi connectivity index (χ3v) is 8.96. The highest BCUT2D eigenvalue weighted by atomic mass is 14.8. The molecular formula is C44H28N4. The molecule has 48 heavy (non-hydrogen) atoms. The van der Waals surface area contributed by atoms with Crippen molar-refractivity contribution in [3.63, 3.8) is 0 Å². The number of benzene rings is 5. The lowest BCUT2D eigenvalue weighted by Gasteiger charge is -2.13. The van der Waals surface area contributed by atoms with Crippen LogP contribution in [-0.4, -0.2) is 19.9 Å². The first-order chi connectivity index (χ1) is 23.8. The Bertz CT molecular complexity index is 2520. The molecule has 9 rings (SSSR count). The molecule has 0 unspecified atom stereocenters. The minimum Gasteiger partial charge on any atom is -0.255 e. The SMILES string of the molecule is c1ccc(-c2cc(-c3cccc(-c4cccc(-c5ccc6c7ccccc7c7ccccc7c6c5)c4)n3)cc(-c3ccccn3)n2)nc1. The van der Waals surface area contributed by atoms with Gasteiger partial charge in [-0.15, -0.1) is 0 Å². The van der Waals surface area contributed by atoms with Gasteiger partial charge in [0, 0.05) is 23.5 Å². The van der Waals surface area contributed by atoms with Crippen molar-refractivity contribution < 1.29 is 0 Å². The predicted molar refractivity (Wildman–Crippen MR) is 197 cm³/mol. The first-order valence-electron chi connectivity index (χ1n) is 16.0. The summed E-state index contributed by atoms with van der Waals surface area (Å²) in [5, 5.41) is 7.64. The summed E-state index contributed by atoms with van der Waals surface area (Å²) in [6, 6.07) is 54.9. The number of nitrogens with zero attached hydrogens (tertiary/aromatic N) is 4. The molecule has 0 aliphatic rings. The molecule has 4 heteroatoms. The summed E-state index contributed by atoms with van der Waals surface area (Å²) in [5.74, 6) is 0. The van der Waals surface area contributed by atoms with E-state index in [1.54, 1.807) is 12.4 Å². The van der Waals surface area contributed by atoms with Crippen molar-refractivity contribution in [3.8, 4) is 56.4 Å². The van der Waals surface area contributed by atoms with Crippen LogP contribution in [0.25, 0.3) is 88.7 Å². The van der Waals surface area contributed by atoms with Crippen LogP contribution in [0.2, 0.25) is 0 Å². The first-order valence-corrected chi connectivity index (χ1v) is 16.0. The fourth-order valence-corrected chi connectivity index (χ4v) is 6.67. The zero-order valence-corrected chi connectivity index (χ0v) is 26.0. The lowest BCUT2D eigenvalue weighted by Crippen LogP contribution is -1.95. The van der Waals surface area contributed by atoms with Gasteiger partial charge in [0.15, 0.2) is 0 Å². The fraction of sp³-hybridized carbons (Fsp3) is 0. The van der Waals surface area contributed by atoms with E-state index in [0.717, 1.165) is 50.9 Å². The van der Waals surface area contributed by atoms with Gasteiger partial charge in [-0.05, 0) is 104 Å². The smallest absolute Gasteiger partial charge is 0.0901 e. The zero-order valence-electron chi connectivity index (χ0n) is 26.0. The Morgan fingerprint density at radius 1 is 0.250 bits per heavy atom. The van der Waals surface area contributed by atoms with E-state index in [9.17, 15) is 0 Å². The molecule has 0 bridgehead atoms. The summed E-state index contributed by atoms with van der Waals surface area (Å²) in [4.78, 5) is 19.2. The summed E-state index contributed by atoms with van der Waals surface area (Å²) in [7, 11) is 0. The molecule has 0 fully saturated rings. The molecule has 0 saturated carbocycles. The Morgan fingerprint density at radius 2 is 0.708 bits per heavy atom. The molecular weight excluding hydrogens is 585 g/mol. The first kappa shape index (κ1) is 27.8. The Labute approximate surface area is 278 Å². The van der Waals surface area contributed by atoms with Gasteiger partial charge in [-0.1, -0.05) is 97.1 Å². The second-order valence-corrected chi connectivity index (χ2v) is 11.9. The molecule has 0 aliphatic heterocycles. The third kappa shape index (κ3) is 4.97. The molecule has 9 aromatic rings. The molecule has 5 aromatic carbocycles. The topological polar surface area (TPSA) is 51.6 Å². The van der Waals surface area contributed by atoms with Crippen molar-refractivity contribution in [2.24, 2.45) is 0 Å². The van der Waals surface area contributed by atoms with Crippen molar-refractivity contribution >= 4 is 32.3 Å². The molecule has 4 nitrogen and oxygen atoms in total. The molecule has 0 aliphatic carbocycles. The van der Waals surface area contributed by atoms with Crippen LogP contribution < -0.4 is 0 Å². The summed E-state index contributed by atoms with van der Waals surface area (Å²) >= 11 is 0. The molecule has 4 aromatic heterocycles. The molecule has 0 amide bonds. The maximum atomic E-state index is 5.17. The van der Waals surface area contributed by atoms with E-state index in [1.165, 1.54) is 37.9 Å². The summed E-state index contributed by atoms with van der Waals surface area (Å²) < 4.78 is 0. The number of hydrogen-bond donors (Lipinski definition) is 0. The molecule has 224 valence electrons. The molecule has 4 heterocycles. The highest BCUT2D eigenvalue weighted by Gasteiger charge is 2.13. The monoisotopic (exact) mass is 612 g/mol. The number of hydrogen-bond acceptors (Lipinski definition) is 4. The molecule has 0 saturated heterocycles. The second-order valence-electron chi connectivity index (χ2n) is 11.9. The van der Waals surface area contributed by atoms with E-state index in [2.05, 4.69) is 125 Å². The summed E-state index contributed by atoms with van der Waals surface area (Å²) in [6.07, 6.45) is 3.58. The average molecular weight is 613 g/mol. The fourth-order valence-electron chi connectivity index (χ4n) is 6.67. The Hall–Kier alpha value is -6.52. The number of rotatable bonds is 5. The van der Waals surface area contributed by atoms with Crippen LogP contribution in [0.3, 0.4) is 0 Å². The van der Waals surface area contributed by atoms with Crippen LogP contribution in [0.1, 0.15) is 0 Å². The van der Waals surface area contributed by atoms with E-state index in [4.69, 9.17) is 9.97 Å². The lowest BCUT2D eigenvalue weighted by molar-refractivity contribution is 1.21. The van der Waals surface area contributed by atoms with Gasteiger partial charge < -0.3 is 0 Å². The predicted octanol–water partition coefficient (Wildman–Crippen LogP) is 11.1. The van der Waals surface area contributed by atoms with Crippen LogP contribution in [0.5, 0.6) is 0 Å². The van der Waals surface area contributed by atoms with Crippen LogP contribution in [0, 0.1) is 0 Å². The molecule has 0 atom stereocenters. The average Bonchev–Trinajstić information content (AvgIpc) is 3.18. The van der Waals surface area contributed by atoms with E-state index < -0.39 is 0 Å². The Balaban J connectivity index is 1.14. The largest absolute Gasteiger partial charge is 0.255 e. The van der Waals surface area contributed by atoms with Gasteiger partial charge in [0.05, 0.1) is 34.2 Å². The van der Waals surface area contributed by atoms with E-state index >= 15 is 0 Å². The van der Waals surface area contributed by atoms with Crippen LogP contribution in [0.4, 0.5) is 0 Å². The van der Waals surface area contributed by atoms with E-state index in [0.29, 0.717) is 0 Å². The highest BCUT2D eigenvalue weighted by molar-refractivity contribution is 6.25. The van der Waals surface area contributed by atoms with Crippen molar-refractivity contribution in [2.75, 3.05) is 0 Å². The van der Waals surface area contributed by atoms with Crippen LogP contribution >= 0.6 is 0 Å².